The Balaban J connectivity index is 3.18. The molecule has 0 aliphatic carbocycles. The summed E-state index contributed by atoms with van der Waals surface area (Å²) in [6.07, 6.45) is -5.99. The van der Waals surface area contributed by atoms with Gasteiger partial charge in [-0.2, -0.15) is 27.2 Å². The zero-order valence-corrected chi connectivity index (χ0v) is 9.50. The van der Waals surface area contributed by atoms with E-state index in [2.05, 4.69) is 0 Å². The summed E-state index contributed by atoms with van der Waals surface area (Å²) < 4.78 is 62.0. The van der Waals surface area contributed by atoms with Crippen LogP contribution in [0.15, 0.2) is 24.3 Å². The largest absolute Gasteiger partial charge is 0.463 e. The summed E-state index contributed by atoms with van der Waals surface area (Å²) in [5.41, 5.74) is -0.504. The molecule has 0 aliphatic rings. The summed E-state index contributed by atoms with van der Waals surface area (Å²) in [6, 6.07) is 6.60. The fourth-order valence-electron chi connectivity index (χ4n) is 1.30. The Bertz CT molecular complexity index is 533. The number of para-hydroxylation sites is 1. The molecule has 1 aromatic carbocycles. The number of hydrogen-bond donors (Lipinski definition) is 0. The van der Waals surface area contributed by atoms with Crippen LogP contribution in [0.4, 0.5) is 27.6 Å². The zero-order chi connectivity index (χ0) is 14.8. The SMILES string of the molecule is CN(C(=O)C(F)(F)C(F)(F)F)c1ccccc1C#N. The van der Waals surface area contributed by atoms with Crippen LogP contribution in [0.1, 0.15) is 5.56 Å². The molecular weight excluding hydrogens is 271 g/mol. The quantitative estimate of drug-likeness (QED) is 0.781. The van der Waals surface area contributed by atoms with Crippen LogP contribution in [-0.2, 0) is 4.79 Å². The van der Waals surface area contributed by atoms with E-state index in [1.165, 1.54) is 18.2 Å². The van der Waals surface area contributed by atoms with E-state index in [1.807, 2.05) is 0 Å². The second-order valence-electron chi connectivity index (χ2n) is 3.57. The van der Waals surface area contributed by atoms with E-state index < -0.39 is 18.0 Å². The van der Waals surface area contributed by atoms with Gasteiger partial charge in [-0.25, -0.2) is 0 Å². The normalized spacial score (nSPS) is 11.8. The summed E-state index contributed by atoms with van der Waals surface area (Å²) in [4.78, 5) is 11.3. The van der Waals surface area contributed by atoms with Gasteiger partial charge in [-0.15, -0.1) is 0 Å². The fraction of sp³-hybridized carbons (Fsp3) is 0.273. The van der Waals surface area contributed by atoms with Gasteiger partial charge in [-0.1, -0.05) is 12.1 Å². The third kappa shape index (κ3) is 2.65. The minimum atomic E-state index is -5.99. The first-order valence-corrected chi connectivity index (χ1v) is 4.84. The Morgan fingerprint density at radius 2 is 1.74 bits per heavy atom. The number of alkyl halides is 5. The van der Waals surface area contributed by atoms with Crippen LogP contribution in [0.5, 0.6) is 0 Å². The molecule has 1 rings (SSSR count). The van der Waals surface area contributed by atoms with Crippen molar-refractivity contribution < 1.29 is 26.7 Å². The fourth-order valence-corrected chi connectivity index (χ4v) is 1.30. The number of nitriles is 1. The van der Waals surface area contributed by atoms with Gasteiger partial charge in [0, 0.05) is 7.05 Å². The molecule has 0 N–H and O–H groups in total. The van der Waals surface area contributed by atoms with Crippen LogP contribution in [0, 0.1) is 11.3 Å². The van der Waals surface area contributed by atoms with Crippen LogP contribution < -0.4 is 4.90 Å². The van der Waals surface area contributed by atoms with Crippen LogP contribution >= 0.6 is 0 Å². The molecule has 0 heterocycles. The lowest BCUT2D eigenvalue weighted by Gasteiger charge is -2.25. The molecule has 0 atom stereocenters. The van der Waals surface area contributed by atoms with Crippen molar-refractivity contribution in [1.82, 2.24) is 0 Å². The van der Waals surface area contributed by atoms with Gasteiger partial charge >= 0.3 is 18.0 Å². The summed E-state index contributed by atoms with van der Waals surface area (Å²) in [5.74, 6) is -7.95. The Labute approximate surface area is 104 Å². The van der Waals surface area contributed by atoms with Crippen LogP contribution in [0.2, 0.25) is 0 Å². The molecule has 1 amide bonds. The molecule has 0 bridgehead atoms. The van der Waals surface area contributed by atoms with Crippen molar-refractivity contribution in [3.8, 4) is 6.07 Å². The van der Waals surface area contributed by atoms with Crippen molar-refractivity contribution in [3.05, 3.63) is 29.8 Å². The number of amides is 1. The predicted octanol–water partition coefficient (Wildman–Crippen LogP) is 2.72. The van der Waals surface area contributed by atoms with E-state index in [0.717, 1.165) is 13.1 Å². The van der Waals surface area contributed by atoms with E-state index in [-0.39, 0.29) is 16.2 Å². The first-order valence-electron chi connectivity index (χ1n) is 4.84. The third-order valence-corrected chi connectivity index (χ3v) is 2.32. The lowest BCUT2D eigenvalue weighted by molar-refractivity contribution is -0.268. The van der Waals surface area contributed by atoms with E-state index in [4.69, 9.17) is 5.26 Å². The molecule has 8 heteroatoms. The number of halogens is 5. The van der Waals surface area contributed by atoms with Crippen molar-refractivity contribution in [1.29, 1.82) is 5.26 Å². The maximum atomic E-state index is 12.9. The minimum absolute atomic E-state index is 0.117. The lowest BCUT2D eigenvalue weighted by Crippen LogP contribution is -2.51. The highest BCUT2D eigenvalue weighted by Gasteiger charge is 2.64. The van der Waals surface area contributed by atoms with Gasteiger partial charge in [0.05, 0.1) is 11.3 Å². The maximum Gasteiger partial charge on any atom is 0.463 e. The smallest absolute Gasteiger partial charge is 0.309 e. The minimum Gasteiger partial charge on any atom is -0.309 e. The number of rotatable bonds is 2. The number of carbonyl (C=O) groups excluding carboxylic acids is 1. The van der Waals surface area contributed by atoms with Gasteiger partial charge in [0.25, 0.3) is 0 Å². The molecule has 0 saturated heterocycles. The highest BCUT2D eigenvalue weighted by atomic mass is 19.4. The van der Waals surface area contributed by atoms with Crippen molar-refractivity contribution >= 4 is 11.6 Å². The van der Waals surface area contributed by atoms with Gasteiger partial charge in [0.1, 0.15) is 6.07 Å². The second kappa shape index (κ2) is 4.84. The monoisotopic (exact) mass is 278 g/mol. The Hall–Kier alpha value is -2.17. The van der Waals surface area contributed by atoms with Crippen molar-refractivity contribution in [2.75, 3.05) is 11.9 Å². The number of benzene rings is 1. The van der Waals surface area contributed by atoms with E-state index in [1.54, 1.807) is 6.07 Å². The molecule has 0 aliphatic heterocycles. The van der Waals surface area contributed by atoms with E-state index in [0.29, 0.717) is 0 Å². The average Bonchev–Trinajstić information content (AvgIpc) is 2.35. The molecule has 0 saturated carbocycles. The molecule has 3 nitrogen and oxygen atoms in total. The molecule has 0 aromatic heterocycles. The molecule has 0 unspecified atom stereocenters. The third-order valence-electron chi connectivity index (χ3n) is 2.32. The van der Waals surface area contributed by atoms with Crippen LogP contribution in [0.25, 0.3) is 0 Å². The first-order chi connectivity index (χ1) is 8.63. The zero-order valence-electron chi connectivity index (χ0n) is 9.50. The highest BCUT2D eigenvalue weighted by Crippen LogP contribution is 2.37. The van der Waals surface area contributed by atoms with Crippen molar-refractivity contribution in [2.24, 2.45) is 0 Å². The Morgan fingerprint density at radius 1 is 1.21 bits per heavy atom. The standard InChI is InChI=1S/C11H7F5N2O/c1-18(8-5-3-2-4-7(8)6-17)9(19)10(12,13)11(14,15)16/h2-5H,1H3. The highest BCUT2D eigenvalue weighted by molar-refractivity contribution is 5.99. The predicted molar refractivity (Wildman–Crippen MR) is 55.6 cm³/mol. The summed E-state index contributed by atoms with van der Waals surface area (Å²) in [5, 5.41) is 8.71. The first kappa shape index (κ1) is 14.9. The van der Waals surface area contributed by atoms with E-state index >= 15 is 0 Å². The number of nitrogens with zero attached hydrogens (tertiary/aromatic N) is 2. The van der Waals surface area contributed by atoms with Crippen molar-refractivity contribution in [3.63, 3.8) is 0 Å². The molecule has 102 valence electrons. The van der Waals surface area contributed by atoms with Gasteiger partial charge < -0.3 is 4.90 Å². The summed E-state index contributed by atoms with van der Waals surface area (Å²) in [6.45, 7) is 0. The molecule has 0 fully saturated rings. The Morgan fingerprint density at radius 3 is 2.21 bits per heavy atom. The van der Waals surface area contributed by atoms with Gasteiger partial charge in [-0.05, 0) is 12.1 Å². The summed E-state index contributed by atoms with van der Waals surface area (Å²) in [7, 11) is 0.748. The molecule has 0 spiro atoms. The van der Waals surface area contributed by atoms with Crippen LogP contribution in [0.3, 0.4) is 0 Å². The van der Waals surface area contributed by atoms with Gasteiger partial charge in [-0.3, -0.25) is 4.79 Å². The van der Waals surface area contributed by atoms with Gasteiger partial charge in [0.2, 0.25) is 0 Å². The second-order valence-corrected chi connectivity index (χ2v) is 3.57. The van der Waals surface area contributed by atoms with Crippen LogP contribution in [-0.4, -0.2) is 25.1 Å². The number of carbonyl (C=O) groups is 1. The molecule has 19 heavy (non-hydrogen) atoms. The molecule has 1 aromatic rings. The number of anilines is 1. The average molecular weight is 278 g/mol. The van der Waals surface area contributed by atoms with Gasteiger partial charge in [0.15, 0.2) is 0 Å². The maximum absolute atomic E-state index is 12.9. The Kier molecular flexibility index (Phi) is 3.79. The topological polar surface area (TPSA) is 44.1 Å². The lowest BCUT2D eigenvalue weighted by atomic mass is 10.1. The summed E-state index contributed by atoms with van der Waals surface area (Å²) >= 11 is 0. The molecule has 0 radical (unpaired) electrons. The van der Waals surface area contributed by atoms with E-state index in [9.17, 15) is 26.7 Å². The number of hydrogen-bond acceptors (Lipinski definition) is 2. The van der Waals surface area contributed by atoms with Crippen molar-refractivity contribution in [2.45, 2.75) is 12.1 Å². The molecular formula is C11H7F5N2O.